The van der Waals surface area contributed by atoms with Gasteiger partial charge in [-0.05, 0) is 41.3 Å². The number of morpholine rings is 1. The van der Waals surface area contributed by atoms with Crippen molar-refractivity contribution in [1.29, 1.82) is 0 Å². The van der Waals surface area contributed by atoms with Crippen LogP contribution in [0, 0.1) is 0 Å². The number of amides is 1. The van der Waals surface area contributed by atoms with Crippen molar-refractivity contribution in [2.45, 2.75) is 25.9 Å². The average molecular weight is 399 g/mol. The lowest BCUT2D eigenvalue weighted by Gasteiger charge is -2.27. The summed E-state index contributed by atoms with van der Waals surface area (Å²) >= 11 is 0. The molecule has 1 N–H and O–H groups in total. The monoisotopic (exact) mass is 398 g/mol. The Morgan fingerprint density at radius 1 is 1.03 bits per heavy atom. The Bertz CT molecular complexity index is 803. The highest BCUT2D eigenvalue weighted by Gasteiger charge is 2.13. The second-order valence-corrected chi connectivity index (χ2v) is 7.11. The van der Waals surface area contributed by atoms with Gasteiger partial charge in [0.15, 0.2) is 0 Å². The highest BCUT2D eigenvalue weighted by molar-refractivity contribution is 5.76. The van der Waals surface area contributed by atoms with Crippen molar-refractivity contribution in [2.75, 3.05) is 40.5 Å². The van der Waals surface area contributed by atoms with E-state index in [1.54, 1.807) is 14.2 Å². The van der Waals surface area contributed by atoms with Crippen molar-refractivity contribution in [3.63, 3.8) is 0 Å². The summed E-state index contributed by atoms with van der Waals surface area (Å²) in [5, 5.41) is 3.06. The van der Waals surface area contributed by atoms with Gasteiger partial charge in [-0.1, -0.05) is 24.3 Å². The molecule has 0 radical (unpaired) electrons. The number of benzene rings is 2. The fraction of sp³-hybridized carbons (Fsp3) is 0.435. The highest BCUT2D eigenvalue weighted by atomic mass is 16.5. The van der Waals surface area contributed by atoms with E-state index in [0.717, 1.165) is 55.5 Å². The van der Waals surface area contributed by atoms with E-state index < -0.39 is 0 Å². The molecule has 1 aliphatic rings. The Labute approximate surface area is 172 Å². The van der Waals surface area contributed by atoms with Gasteiger partial charge in [-0.3, -0.25) is 9.69 Å². The molecule has 6 nitrogen and oxygen atoms in total. The minimum absolute atomic E-state index is 0.0241. The molecule has 0 saturated carbocycles. The Balaban J connectivity index is 1.53. The minimum atomic E-state index is 0.0241. The summed E-state index contributed by atoms with van der Waals surface area (Å²) in [6, 6.07) is 13.9. The first kappa shape index (κ1) is 21.1. The van der Waals surface area contributed by atoms with Crippen molar-refractivity contribution < 1.29 is 19.0 Å². The first-order chi connectivity index (χ1) is 14.2. The van der Waals surface area contributed by atoms with Gasteiger partial charge in [0, 0.05) is 32.6 Å². The van der Waals surface area contributed by atoms with E-state index in [2.05, 4.69) is 28.4 Å². The maximum atomic E-state index is 12.4. The molecule has 0 unspecified atom stereocenters. The van der Waals surface area contributed by atoms with E-state index in [-0.39, 0.29) is 5.91 Å². The zero-order chi connectivity index (χ0) is 20.5. The molecule has 0 aliphatic carbocycles. The SMILES string of the molecule is COc1ccc(OC)c(CCC(=O)NCc2ccccc2CN2CCOCC2)c1. The number of hydrogen-bond acceptors (Lipinski definition) is 5. The second-order valence-electron chi connectivity index (χ2n) is 7.11. The molecule has 1 fully saturated rings. The lowest BCUT2D eigenvalue weighted by Crippen LogP contribution is -2.36. The van der Waals surface area contributed by atoms with Gasteiger partial charge in [-0.2, -0.15) is 0 Å². The van der Waals surface area contributed by atoms with Gasteiger partial charge in [-0.15, -0.1) is 0 Å². The van der Waals surface area contributed by atoms with Crippen LogP contribution >= 0.6 is 0 Å². The van der Waals surface area contributed by atoms with E-state index >= 15 is 0 Å². The van der Waals surface area contributed by atoms with Crippen LogP contribution in [0.5, 0.6) is 11.5 Å². The molecule has 0 aromatic heterocycles. The van der Waals surface area contributed by atoms with Crippen LogP contribution in [0.4, 0.5) is 0 Å². The number of carbonyl (C=O) groups is 1. The molecule has 156 valence electrons. The molecule has 0 bridgehead atoms. The predicted octanol–water partition coefficient (Wildman–Crippen LogP) is 2.79. The maximum absolute atomic E-state index is 12.4. The van der Waals surface area contributed by atoms with Crippen molar-refractivity contribution >= 4 is 5.91 Å². The Morgan fingerprint density at radius 3 is 2.52 bits per heavy atom. The molecule has 1 saturated heterocycles. The zero-order valence-electron chi connectivity index (χ0n) is 17.3. The topological polar surface area (TPSA) is 60.0 Å². The second kappa shape index (κ2) is 10.8. The molecule has 3 rings (SSSR count). The first-order valence-electron chi connectivity index (χ1n) is 10.0. The van der Waals surface area contributed by atoms with Crippen LogP contribution in [0.15, 0.2) is 42.5 Å². The Morgan fingerprint density at radius 2 is 1.79 bits per heavy atom. The molecular weight excluding hydrogens is 368 g/mol. The summed E-state index contributed by atoms with van der Waals surface area (Å²) < 4.78 is 16.1. The molecule has 2 aromatic rings. The largest absolute Gasteiger partial charge is 0.497 e. The summed E-state index contributed by atoms with van der Waals surface area (Å²) in [4.78, 5) is 14.8. The third-order valence-electron chi connectivity index (χ3n) is 5.20. The molecule has 29 heavy (non-hydrogen) atoms. The van der Waals surface area contributed by atoms with Crippen LogP contribution in [0.2, 0.25) is 0 Å². The lowest BCUT2D eigenvalue weighted by molar-refractivity contribution is -0.121. The number of nitrogens with one attached hydrogen (secondary N) is 1. The quantitative estimate of drug-likeness (QED) is 0.704. The minimum Gasteiger partial charge on any atom is -0.497 e. The summed E-state index contributed by atoms with van der Waals surface area (Å²) in [6.45, 7) is 4.89. The molecule has 1 aliphatic heterocycles. The number of rotatable bonds is 9. The van der Waals surface area contributed by atoms with Crippen LogP contribution in [0.1, 0.15) is 23.1 Å². The predicted molar refractivity (Wildman–Crippen MR) is 112 cm³/mol. The van der Waals surface area contributed by atoms with Crippen LogP contribution in [-0.2, 0) is 29.0 Å². The summed E-state index contributed by atoms with van der Waals surface area (Å²) in [6.07, 6.45) is 0.997. The van der Waals surface area contributed by atoms with Crippen LogP contribution in [0.25, 0.3) is 0 Å². The normalized spacial score (nSPS) is 14.4. The van der Waals surface area contributed by atoms with Crippen LogP contribution in [-0.4, -0.2) is 51.3 Å². The number of methoxy groups -OCH3 is 2. The number of nitrogens with zero attached hydrogens (tertiary/aromatic N) is 1. The van der Waals surface area contributed by atoms with Gasteiger partial charge in [0.2, 0.25) is 5.91 Å². The van der Waals surface area contributed by atoms with E-state index in [1.807, 2.05) is 24.3 Å². The number of hydrogen-bond donors (Lipinski definition) is 1. The van der Waals surface area contributed by atoms with Crippen molar-refractivity contribution in [2.24, 2.45) is 0 Å². The molecule has 6 heteroatoms. The van der Waals surface area contributed by atoms with Crippen LogP contribution in [0.3, 0.4) is 0 Å². The summed E-state index contributed by atoms with van der Waals surface area (Å²) in [5.74, 6) is 1.56. The standard InChI is InChI=1S/C23H30N2O4/c1-27-21-8-9-22(28-2)18(15-21)7-10-23(26)24-16-19-5-3-4-6-20(19)17-25-11-13-29-14-12-25/h3-6,8-9,15H,7,10-14,16-17H2,1-2H3,(H,24,26). The van der Waals surface area contributed by atoms with E-state index in [4.69, 9.17) is 14.2 Å². The number of carbonyl (C=O) groups excluding carboxylic acids is 1. The van der Waals surface area contributed by atoms with Gasteiger partial charge in [0.25, 0.3) is 0 Å². The molecule has 0 spiro atoms. The summed E-state index contributed by atoms with van der Waals surface area (Å²) in [7, 11) is 3.27. The third kappa shape index (κ3) is 6.21. The van der Waals surface area contributed by atoms with Gasteiger partial charge >= 0.3 is 0 Å². The molecule has 1 amide bonds. The fourth-order valence-corrected chi connectivity index (χ4v) is 3.49. The Hall–Kier alpha value is -2.57. The lowest BCUT2D eigenvalue weighted by atomic mass is 10.1. The maximum Gasteiger partial charge on any atom is 0.220 e. The average Bonchev–Trinajstić information content (AvgIpc) is 2.77. The Kier molecular flexibility index (Phi) is 7.90. The molecule has 0 atom stereocenters. The molecule has 2 aromatic carbocycles. The van der Waals surface area contributed by atoms with E-state index in [1.165, 1.54) is 5.56 Å². The van der Waals surface area contributed by atoms with Gasteiger partial charge in [0.1, 0.15) is 11.5 Å². The van der Waals surface area contributed by atoms with E-state index in [0.29, 0.717) is 19.4 Å². The van der Waals surface area contributed by atoms with Gasteiger partial charge in [0.05, 0.1) is 27.4 Å². The number of ether oxygens (including phenoxy) is 3. The molecule has 1 heterocycles. The third-order valence-corrected chi connectivity index (χ3v) is 5.20. The summed E-state index contributed by atoms with van der Waals surface area (Å²) in [5.41, 5.74) is 3.38. The van der Waals surface area contributed by atoms with Crippen LogP contribution < -0.4 is 14.8 Å². The van der Waals surface area contributed by atoms with E-state index in [9.17, 15) is 4.79 Å². The van der Waals surface area contributed by atoms with Gasteiger partial charge < -0.3 is 19.5 Å². The first-order valence-corrected chi connectivity index (χ1v) is 10.0. The van der Waals surface area contributed by atoms with Gasteiger partial charge in [-0.25, -0.2) is 0 Å². The zero-order valence-corrected chi connectivity index (χ0v) is 17.3. The smallest absolute Gasteiger partial charge is 0.220 e. The molecular formula is C23H30N2O4. The fourth-order valence-electron chi connectivity index (χ4n) is 3.49. The van der Waals surface area contributed by atoms with Crippen molar-refractivity contribution in [3.05, 3.63) is 59.2 Å². The van der Waals surface area contributed by atoms with Crippen molar-refractivity contribution in [3.8, 4) is 11.5 Å². The van der Waals surface area contributed by atoms with Crippen molar-refractivity contribution in [1.82, 2.24) is 10.2 Å². The highest BCUT2D eigenvalue weighted by Crippen LogP contribution is 2.25. The number of aryl methyl sites for hydroxylation is 1.